The van der Waals surface area contributed by atoms with Crippen LogP contribution in [0.5, 0.6) is 5.75 Å². The van der Waals surface area contributed by atoms with Crippen LogP contribution in [0.3, 0.4) is 0 Å². The minimum absolute atomic E-state index is 0.339. The first-order valence-electron chi connectivity index (χ1n) is 8.56. The largest absolute Gasteiger partial charge is 0.508 e. The monoisotopic (exact) mass is 298 g/mol. The minimum Gasteiger partial charge on any atom is -0.508 e. The van der Waals surface area contributed by atoms with E-state index in [9.17, 15) is 5.11 Å². The highest BCUT2D eigenvalue weighted by Gasteiger charge is 2.25. The number of hydrogen-bond donors (Lipinski definition) is 1. The van der Waals surface area contributed by atoms with Crippen LogP contribution < -0.4 is 0 Å². The van der Waals surface area contributed by atoms with E-state index >= 15 is 0 Å². The second-order valence-electron chi connectivity index (χ2n) is 7.68. The second-order valence-corrected chi connectivity index (χ2v) is 7.68. The zero-order valence-corrected chi connectivity index (χ0v) is 14.5. The van der Waals surface area contributed by atoms with Crippen molar-refractivity contribution in [3.63, 3.8) is 0 Å². The van der Waals surface area contributed by atoms with Crippen molar-refractivity contribution in [2.45, 2.75) is 59.8 Å². The molecule has 2 aromatic rings. The highest BCUT2D eigenvalue weighted by Crippen LogP contribution is 2.37. The normalized spacial score (nSPS) is 16.2. The maximum atomic E-state index is 9.31. The van der Waals surface area contributed by atoms with Gasteiger partial charge in [-0.05, 0) is 59.6 Å². The molecule has 1 fully saturated rings. The Balaban J connectivity index is 0.000000164. The average molecular weight is 298 g/mol. The van der Waals surface area contributed by atoms with E-state index in [1.807, 2.05) is 25.1 Å². The van der Waals surface area contributed by atoms with Gasteiger partial charge in [0.05, 0.1) is 0 Å². The molecule has 1 N–H and O–H groups in total. The van der Waals surface area contributed by atoms with Gasteiger partial charge in [-0.15, -0.1) is 0 Å². The third-order valence-electron chi connectivity index (χ3n) is 4.88. The zero-order valence-electron chi connectivity index (χ0n) is 14.5. The summed E-state index contributed by atoms with van der Waals surface area (Å²) >= 11 is 0. The van der Waals surface area contributed by atoms with Gasteiger partial charge in [0, 0.05) is 0 Å². The van der Waals surface area contributed by atoms with Gasteiger partial charge < -0.3 is 5.11 Å². The first-order chi connectivity index (χ1) is 10.4. The second kappa shape index (κ2) is 7.17. The van der Waals surface area contributed by atoms with Crippen LogP contribution in [0, 0.1) is 18.3 Å². The molecule has 1 aliphatic rings. The summed E-state index contributed by atoms with van der Waals surface area (Å²) in [5.74, 6) is 1.34. The van der Waals surface area contributed by atoms with Crippen LogP contribution >= 0.6 is 0 Å². The van der Waals surface area contributed by atoms with E-state index in [0.29, 0.717) is 11.2 Å². The number of rotatable bonds is 0. The Kier molecular flexibility index (Phi) is 5.50. The van der Waals surface area contributed by atoms with Crippen molar-refractivity contribution in [2.24, 2.45) is 11.3 Å². The van der Waals surface area contributed by atoms with E-state index < -0.39 is 0 Å². The maximum Gasteiger partial charge on any atom is 0.116 e. The molecule has 120 valence electrons. The Morgan fingerprint density at radius 2 is 1.59 bits per heavy atom. The summed E-state index contributed by atoms with van der Waals surface area (Å²) in [6.45, 7) is 9.14. The lowest BCUT2D eigenvalue weighted by atomic mass is 9.72. The van der Waals surface area contributed by atoms with E-state index in [-0.39, 0.29) is 0 Å². The van der Waals surface area contributed by atoms with Gasteiger partial charge in [0.15, 0.2) is 0 Å². The smallest absolute Gasteiger partial charge is 0.116 e. The van der Waals surface area contributed by atoms with E-state index in [4.69, 9.17) is 0 Å². The van der Waals surface area contributed by atoms with Crippen molar-refractivity contribution in [1.82, 2.24) is 0 Å². The van der Waals surface area contributed by atoms with Crippen LogP contribution in [-0.4, -0.2) is 5.11 Å². The highest BCUT2D eigenvalue weighted by molar-refractivity contribution is 5.86. The number of aryl methyl sites for hydroxylation is 1. The fraction of sp³-hybridized carbons (Fsp3) is 0.524. The fourth-order valence-electron chi connectivity index (χ4n) is 3.45. The molecule has 1 heteroatoms. The summed E-state index contributed by atoms with van der Waals surface area (Å²) in [5, 5.41) is 11.6. The van der Waals surface area contributed by atoms with E-state index in [1.165, 1.54) is 37.5 Å². The lowest BCUT2D eigenvalue weighted by Gasteiger charge is -2.33. The predicted molar refractivity (Wildman–Crippen MR) is 96.4 cm³/mol. The van der Waals surface area contributed by atoms with Crippen LogP contribution in [0.25, 0.3) is 10.8 Å². The van der Waals surface area contributed by atoms with Crippen LogP contribution in [0.15, 0.2) is 36.4 Å². The van der Waals surface area contributed by atoms with E-state index in [2.05, 4.69) is 26.8 Å². The van der Waals surface area contributed by atoms with Gasteiger partial charge >= 0.3 is 0 Å². The van der Waals surface area contributed by atoms with E-state index in [0.717, 1.165) is 16.9 Å². The summed E-state index contributed by atoms with van der Waals surface area (Å²) < 4.78 is 0. The predicted octanol–water partition coefficient (Wildman–Crippen LogP) is 6.47. The molecule has 0 radical (unpaired) electrons. The lowest BCUT2D eigenvalue weighted by Crippen LogP contribution is -2.22. The molecule has 0 saturated heterocycles. The highest BCUT2D eigenvalue weighted by atomic mass is 16.3. The van der Waals surface area contributed by atoms with Gasteiger partial charge in [-0.3, -0.25) is 0 Å². The quantitative estimate of drug-likeness (QED) is 0.591. The molecule has 0 unspecified atom stereocenters. The Hall–Kier alpha value is -1.50. The third kappa shape index (κ3) is 4.50. The Morgan fingerprint density at radius 3 is 2.18 bits per heavy atom. The summed E-state index contributed by atoms with van der Waals surface area (Å²) in [5.41, 5.74) is 1.69. The van der Waals surface area contributed by atoms with Crippen LogP contribution in [-0.2, 0) is 0 Å². The Labute approximate surface area is 135 Å². The molecule has 0 heterocycles. The average Bonchev–Trinajstić information content (AvgIpc) is 2.48. The summed E-state index contributed by atoms with van der Waals surface area (Å²) in [6, 6.07) is 11.6. The van der Waals surface area contributed by atoms with Gasteiger partial charge in [-0.25, -0.2) is 0 Å². The van der Waals surface area contributed by atoms with Gasteiger partial charge in [-0.1, -0.05) is 64.3 Å². The van der Waals surface area contributed by atoms with Crippen LogP contribution in [0.4, 0.5) is 0 Å². The molecule has 0 aromatic heterocycles. The molecule has 0 bridgehead atoms. The summed E-state index contributed by atoms with van der Waals surface area (Å²) in [6.07, 6.45) is 7.38. The minimum atomic E-state index is 0.339. The van der Waals surface area contributed by atoms with E-state index in [1.54, 1.807) is 12.1 Å². The number of aromatic hydroxyl groups is 1. The SMILES string of the molecule is CC(C)(C)C1CCCCC1.Cc1cc(O)cc2ccccc12. The summed E-state index contributed by atoms with van der Waals surface area (Å²) in [4.78, 5) is 0. The first-order valence-corrected chi connectivity index (χ1v) is 8.56. The van der Waals surface area contributed by atoms with Crippen molar-refractivity contribution in [1.29, 1.82) is 0 Å². The molecule has 22 heavy (non-hydrogen) atoms. The van der Waals surface area contributed by atoms with Crippen LogP contribution in [0.2, 0.25) is 0 Å². The number of benzene rings is 2. The molecule has 0 atom stereocenters. The molecular weight excluding hydrogens is 268 g/mol. The van der Waals surface area contributed by atoms with Crippen molar-refractivity contribution < 1.29 is 5.11 Å². The van der Waals surface area contributed by atoms with Gasteiger partial charge in [0.25, 0.3) is 0 Å². The maximum absolute atomic E-state index is 9.31. The topological polar surface area (TPSA) is 20.2 Å². The first kappa shape index (κ1) is 16.9. The Morgan fingerprint density at radius 1 is 0.955 bits per heavy atom. The zero-order chi connectivity index (χ0) is 16.2. The molecule has 2 aromatic carbocycles. The van der Waals surface area contributed by atoms with Gasteiger partial charge in [0.2, 0.25) is 0 Å². The number of hydrogen-bond acceptors (Lipinski definition) is 1. The molecule has 3 rings (SSSR count). The standard InChI is InChI=1S/C11H10O.C10H20/c1-8-6-10(12)7-9-4-2-3-5-11(8)9;1-10(2,3)9-7-5-4-6-8-9/h2-7,12H,1H3;9H,4-8H2,1-3H3. The Bertz CT molecular complexity index is 601. The van der Waals surface area contributed by atoms with Gasteiger partial charge in [-0.2, -0.15) is 0 Å². The fourth-order valence-corrected chi connectivity index (χ4v) is 3.45. The number of fused-ring (bicyclic) bond motifs is 1. The molecule has 1 nitrogen and oxygen atoms in total. The number of phenolic OH excluding ortho intramolecular Hbond substituents is 1. The molecule has 1 aliphatic carbocycles. The van der Waals surface area contributed by atoms with Crippen molar-refractivity contribution in [3.8, 4) is 5.75 Å². The van der Waals surface area contributed by atoms with Crippen molar-refractivity contribution in [3.05, 3.63) is 42.0 Å². The molecule has 0 aliphatic heterocycles. The number of phenols is 1. The van der Waals surface area contributed by atoms with Crippen molar-refractivity contribution >= 4 is 10.8 Å². The molecule has 0 amide bonds. The molecule has 0 spiro atoms. The van der Waals surface area contributed by atoms with Gasteiger partial charge in [0.1, 0.15) is 5.75 Å². The van der Waals surface area contributed by atoms with Crippen LogP contribution in [0.1, 0.15) is 58.4 Å². The molecular formula is C21H30O. The summed E-state index contributed by atoms with van der Waals surface area (Å²) in [7, 11) is 0. The molecule has 1 saturated carbocycles. The third-order valence-corrected chi connectivity index (χ3v) is 4.88. The van der Waals surface area contributed by atoms with Crippen molar-refractivity contribution in [2.75, 3.05) is 0 Å². The lowest BCUT2D eigenvalue weighted by molar-refractivity contribution is 0.180.